The molecular weight excluding hydrogens is 432 g/mol. The highest BCUT2D eigenvalue weighted by molar-refractivity contribution is 5.85. The van der Waals surface area contributed by atoms with Crippen molar-refractivity contribution >= 4 is 10.9 Å². The van der Waals surface area contributed by atoms with E-state index in [0.717, 1.165) is 31.2 Å². The van der Waals surface area contributed by atoms with E-state index in [1.165, 1.54) is 27.8 Å². The van der Waals surface area contributed by atoms with E-state index in [2.05, 4.69) is 109 Å². The molecule has 4 heteroatoms. The molecular formula is C31H36N2O2. The predicted octanol–water partition coefficient (Wildman–Crippen LogP) is 6.76. The Kier molecular flexibility index (Phi) is 6.79. The van der Waals surface area contributed by atoms with Gasteiger partial charge in [0.2, 0.25) is 0 Å². The summed E-state index contributed by atoms with van der Waals surface area (Å²) in [6.45, 7) is 1.15. The molecule has 1 N–H and O–H groups in total. The molecule has 3 aromatic carbocycles. The molecule has 0 amide bonds. The van der Waals surface area contributed by atoms with Gasteiger partial charge in [0, 0.05) is 29.1 Å². The van der Waals surface area contributed by atoms with E-state index in [4.69, 9.17) is 9.47 Å². The number of H-pyrrole nitrogens is 1. The third-order valence-electron chi connectivity index (χ3n) is 7.97. The second-order valence-corrected chi connectivity index (χ2v) is 10.0. The van der Waals surface area contributed by atoms with Crippen molar-refractivity contribution in [2.45, 2.75) is 50.0 Å². The van der Waals surface area contributed by atoms with Crippen LogP contribution in [0.5, 0.6) is 0 Å². The Labute approximate surface area is 208 Å². The summed E-state index contributed by atoms with van der Waals surface area (Å²) >= 11 is 0. The Morgan fingerprint density at radius 1 is 0.771 bits per heavy atom. The number of hydrogen-bond donors (Lipinski definition) is 1. The van der Waals surface area contributed by atoms with E-state index in [1.807, 2.05) is 0 Å². The largest absolute Gasteiger partial charge is 0.380 e. The lowest BCUT2D eigenvalue weighted by atomic mass is 9.68. The maximum absolute atomic E-state index is 6.96. The van der Waals surface area contributed by atoms with Gasteiger partial charge < -0.3 is 14.5 Å². The second-order valence-electron chi connectivity index (χ2n) is 10.0. The summed E-state index contributed by atoms with van der Waals surface area (Å²) in [5.41, 5.74) is 5.71. The van der Waals surface area contributed by atoms with Crippen molar-refractivity contribution in [1.29, 1.82) is 0 Å². The van der Waals surface area contributed by atoms with Crippen LogP contribution in [0.15, 0.2) is 84.9 Å². The van der Waals surface area contributed by atoms with Gasteiger partial charge in [-0.3, -0.25) is 4.90 Å². The van der Waals surface area contributed by atoms with Crippen LogP contribution in [-0.2, 0) is 33.8 Å². The van der Waals surface area contributed by atoms with Gasteiger partial charge in [0.15, 0.2) is 0 Å². The second kappa shape index (κ2) is 9.98. The van der Waals surface area contributed by atoms with Crippen molar-refractivity contribution in [3.05, 3.63) is 107 Å². The predicted molar refractivity (Wildman–Crippen MR) is 142 cm³/mol. The van der Waals surface area contributed by atoms with Gasteiger partial charge in [-0.15, -0.1) is 0 Å². The van der Waals surface area contributed by atoms with Crippen LogP contribution in [0.4, 0.5) is 0 Å². The lowest BCUT2D eigenvalue weighted by Gasteiger charge is -2.50. The molecule has 1 heterocycles. The zero-order valence-electron chi connectivity index (χ0n) is 21.1. The molecule has 0 unspecified atom stereocenters. The summed E-state index contributed by atoms with van der Waals surface area (Å²) < 4.78 is 12.7. The molecule has 182 valence electrons. The Bertz CT molecular complexity index is 1240. The first-order chi connectivity index (χ1) is 17.1. The smallest absolute Gasteiger partial charge is 0.109 e. The number of benzene rings is 3. The lowest BCUT2D eigenvalue weighted by Crippen LogP contribution is -2.49. The summed E-state index contributed by atoms with van der Waals surface area (Å²) in [5.74, 6) is 0. The molecule has 0 saturated heterocycles. The average Bonchev–Trinajstić information content (AvgIpc) is 3.28. The fourth-order valence-electron chi connectivity index (χ4n) is 5.96. The van der Waals surface area contributed by atoms with Crippen LogP contribution in [0.3, 0.4) is 0 Å². The SMILES string of the molecule is COCc1c(C2(OCc3ccccc3)CCC(c3ccccc3)(N(C)C)CC2)[nH]c2ccccc12. The van der Waals surface area contributed by atoms with Gasteiger partial charge in [-0.2, -0.15) is 0 Å². The molecule has 35 heavy (non-hydrogen) atoms. The Hall–Kier alpha value is -2.92. The zero-order valence-corrected chi connectivity index (χ0v) is 21.1. The Morgan fingerprint density at radius 3 is 2.06 bits per heavy atom. The van der Waals surface area contributed by atoms with Crippen LogP contribution in [0.25, 0.3) is 10.9 Å². The van der Waals surface area contributed by atoms with E-state index in [0.29, 0.717) is 13.2 Å². The first-order valence-electron chi connectivity index (χ1n) is 12.6. The number of aromatic amines is 1. The molecule has 1 saturated carbocycles. The molecule has 4 aromatic rings. The maximum Gasteiger partial charge on any atom is 0.109 e. The molecule has 1 aromatic heterocycles. The summed E-state index contributed by atoms with van der Waals surface area (Å²) in [6.07, 6.45) is 3.88. The topological polar surface area (TPSA) is 37.5 Å². The molecule has 0 atom stereocenters. The lowest BCUT2D eigenvalue weighted by molar-refractivity contribution is -0.115. The molecule has 1 aliphatic rings. The number of ether oxygens (including phenoxy) is 2. The molecule has 0 bridgehead atoms. The fourth-order valence-corrected chi connectivity index (χ4v) is 5.96. The fraction of sp³-hybridized carbons (Fsp3) is 0.355. The van der Waals surface area contributed by atoms with Gasteiger partial charge in [-0.25, -0.2) is 0 Å². The number of fused-ring (bicyclic) bond motifs is 1. The van der Waals surface area contributed by atoms with Gasteiger partial charge in [0.05, 0.1) is 18.9 Å². The summed E-state index contributed by atoms with van der Waals surface area (Å²) in [6, 6.07) is 30.0. The van der Waals surface area contributed by atoms with Crippen molar-refractivity contribution in [3.8, 4) is 0 Å². The van der Waals surface area contributed by atoms with E-state index in [9.17, 15) is 0 Å². The minimum Gasteiger partial charge on any atom is -0.380 e. The van der Waals surface area contributed by atoms with Gasteiger partial charge in [-0.1, -0.05) is 78.9 Å². The minimum absolute atomic E-state index is 0.00565. The van der Waals surface area contributed by atoms with Crippen molar-refractivity contribution < 1.29 is 9.47 Å². The first-order valence-corrected chi connectivity index (χ1v) is 12.6. The van der Waals surface area contributed by atoms with Crippen LogP contribution in [0, 0.1) is 0 Å². The number of para-hydroxylation sites is 1. The minimum atomic E-state index is -0.406. The number of aromatic nitrogens is 1. The molecule has 5 rings (SSSR count). The molecule has 4 nitrogen and oxygen atoms in total. The average molecular weight is 469 g/mol. The van der Waals surface area contributed by atoms with E-state index < -0.39 is 5.60 Å². The number of hydrogen-bond acceptors (Lipinski definition) is 3. The normalized spacial score (nSPS) is 22.6. The van der Waals surface area contributed by atoms with E-state index in [-0.39, 0.29) is 5.54 Å². The number of rotatable bonds is 8. The molecule has 0 radical (unpaired) electrons. The Balaban J connectivity index is 1.56. The molecule has 0 spiro atoms. The number of nitrogens with one attached hydrogen (secondary N) is 1. The van der Waals surface area contributed by atoms with Crippen molar-refractivity contribution in [1.82, 2.24) is 9.88 Å². The number of methoxy groups -OCH3 is 1. The van der Waals surface area contributed by atoms with Gasteiger partial charge in [-0.05, 0) is 57.0 Å². The third-order valence-corrected chi connectivity index (χ3v) is 7.97. The highest BCUT2D eigenvalue weighted by atomic mass is 16.5. The molecule has 1 aliphatic carbocycles. The van der Waals surface area contributed by atoms with E-state index >= 15 is 0 Å². The highest BCUT2D eigenvalue weighted by Crippen LogP contribution is 2.51. The van der Waals surface area contributed by atoms with Crippen molar-refractivity contribution in [2.24, 2.45) is 0 Å². The third kappa shape index (κ3) is 4.42. The first kappa shape index (κ1) is 23.8. The van der Waals surface area contributed by atoms with Crippen molar-refractivity contribution in [3.63, 3.8) is 0 Å². The van der Waals surface area contributed by atoms with Gasteiger partial charge in [0.25, 0.3) is 0 Å². The Morgan fingerprint density at radius 2 is 1.40 bits per heavy atom. The van der Waals surface area contributed by atoms with Crippen molar-refractivity contribution in [2.75, 3.05) is 21.2 Å². The molecule has 1 fully saturated rings. The summed E-state index contributed by atoms with van der Waals surface area (Å²) in [4.78, 5) is 6.18. The summed E-state index contributed by atoms with van der Waals surface area (Å²) in [5, 5.41) is 1.22. The van der Waals surface area contributed by atoms with Crippen LogP contribution >= 0.6 is 0 Å². The monoisotopic (exact) mass is 468 g/mol. The maximum atomic E-state index is 6.96. The van der Waals surface area contributed by atoms with Crippen LogP contribution in [0.1, 0.15) is 48.1 Å². The van der Waals surface area contributed by atoms with E-state index in [1.54, 1.807) is 7.11 Å². The van der Waals surface area contributed by atoms with Crippen LogP contribution < -0.4 is 0 Å². The quantitative estimate of drug-likeness (QED) is 0.310. The van der Waals surface area contributed by atoms with Crippen LogP contribution in [0.2, 0.25) is 0 Å². The zero-order chi connectivity index (χ0) is 24.3. The van der Waals surface area contributed by atoms with Crippen LogP contribution in [-0.4, -0.2) is 31.1 Å². The number of nitrogens with zero attached hydrogens (tertiary/aromatic N) is 1. The van der Waals surface area contributed by atoms with Gasteiger partial charge >= 0.3 is 0 Å². The van der Waals surface area contributed by atoms with Gasteiger partial charge in [0.1, 0.15) is 5.60 Å². The standard InChI is InChI=1S/C31H36N2O2/c1-33(2)30(25-14-8-5-9-15-25)18-20-31(21-19-30,35-22-24-12-6-4-7-13-24)29-27(23-34-3)26-16-10-11-17-28(26)32-29/h4-17,32H,18-23H2,1-3H3. The molecule has 0 aliphatic heterocycles. The summed E-state index contributed by atoms with van der Waals surface area (Å²) in [7, 11) is 6.20. The highest BCUT2D eigenvalue weighted by Gasteiger charge is 2.48.